The molecule has 0 unspecified atom stereocenters. The molecule has 13 nitrogen and oxygen atoms in total. The summed E-state index contributed by atoms with van der Waals surface area (Å²) in [5.74, 6) is 0.751. The maximum Gasteiger partial charge on any atom is 0.469 e. The highest BCUT2D eigenvalue weighted by Gasteiger charge is 2.55. The second-order valence-corrected chi connectivity index (χ2v) is 16.5. The normalized spacial score (nSPS) is 12.7. The van der Waals surface area contributed by atoms with Gasteiger partial charge in [-0.2, -0.15) is 0 Å². The van der Waals surface area contributed by atoms with E-state index < -0.39 is 30.0 Å². The second kappa shape index (κ2) is 16.3. The second-order valence-electron chi connectivity index (χ2n) is 14.1. The van der Waals surface area contributed by atoms with Crippen molar-refractivity contribution in [2.75, 3.05) is 44.0 Å². The van der Waals surface area contributed by atoms with E-state index in [1.165, 1.54) is 35.9 Å². The Morgan fingerprint density at radius 1 is 1.04 bits per heavy atom. The summed E-state index contributed by atoms with van der Waals surface area (Å²) in [5, 5.41) is 7.09. The molecule has 16 heteroatoms. The Balaban J connectivity index is 1.45. The first-order chi connectivity index (χ1) is 23.9. The molecule has 0 bridgehead atoms. The number of carbonyl (C=O) groups excluding carboxylic acids is 1. The maximum absolute atomic E-state index is 13.5. The van der Waals surface area contributed by atoms with Gasteiger partial charge in [-0.3, -0.25) is 14.2 Å². The quantitative estimate of drug-likeness (QED) is 0.0674. The number of carbonyl (C=O) groups is 1. The molecule has 0 saturated carbocycles. The van der Waals surface area contributed by atoms with Crippen molar-refractivity contribution in [3.05, 3.63) is 59.6 Å². The molecule has 0 fully saturated rings. The van der Waals surface area contributed by atoms with Gasteiger partial charge in [0.2, 0.25) is 5.91 Å². The molecule has 0 aliphatic rings. The molecule has 0 aliphatic carbocycles. The maximum atomic E-state index is 13.5. The van der Waals surface area contributed by atoms with Gasteiger partial charge in [-0.1, -0.05) is 54.5 Å². The van der Waals surface area contributed by atoms with Crippen LogP contribution in [0.3, 0.4) is 0 Å². The van der Waals surface area contributed by atoms with Crippen LogP contribution < -0.4 is 20.1 Å². The Morgan fingerprint density at radius 3 is 2.39 bits per heavy atom. The van der Waals surface area contributed by atoms with Crippen LogP contribution in [0.2, 0.25) is 0 Å². The number of phosphoric acid groups is 1. The van der Waals surface area contributed by atoms with Crippen molar-refractivity contribution in [3.8, 4) is 11.5 Å². The first kappa shape index (κ1) is 40.1. The van der Waals surface area contributed by atoms with Crippen LogP contribution in [0.5, 0.6) is 11.5 Å². The molecule has 2 heterocycles. The monoisotopic (exact) mass is 746 g/mol. The van der Waals surface area contributed by atoms with Crippen molar-refractivity contribution >= 4 is 52.6 Å². The minimum atomic E-state index is -4.70. The van der Waals surface area contributed by atoms with E-state index in [1.807, 2.05) is 6.92 Å². The molecule has 4 N–H and O–H groups in total. The smallest absolute Gasteiger partial charge is 0.469 e. The number of anilines is 3. The minimum absolute atomic E-state index is 0.0689. The van der Waals surface area contributed by atoms with E-state index in [0.29, 0.717) is 70.0 Å². The van der Waals surface area contributed by atoms with E-state index in [2.05, 4.69) is 72.0 Å². The Hall–Kier alpha value is -3.72. The summed E-state index contributed by atoms with van der Waals surface area (Å²) < 4.78 is 42.4. The van der Waals surface area contributed by atoms with Crippen molar-refractivity contribution in [2.24, 2.45) is 10.8 Å². The number of aromatic nitrogens is 3. The molecule has 2 aromatic carbocycles. The molecule has 4 aromatic rings. The number of nitrogens with one attached hydrogen (secondary N) is 2. The number of rotatable bonds is 16. The summed E-state index contributed by atoms with van der Waals surface area (Å²) in [6.07, 6.45) is 3.71. The Kier molecular flexibility index (Phi) is 12.8. The molecular weight excluding hydrogens is 698 g/mol. The SMILES string of the molecule is CCN(CCCOc1cc2ncnc(Nc3ncc(CC(=O)Nc4cccc(F)c4)s3)c2cc1OC)C(COP(=O)(O)O)(C(C)(C)C)C(C)(C)C. The summed E-state index contributed by atoms with van der Waals surface area (Å²) >= 11 is 1.29. The lowest BCUT2D eigenvalue weighted by Gasteiger charge is -2.59. The number of phosphoric ester groups is 1. The van der Waals surface area contributed by atoms with Gasteiger partial charge in [0.15, 0.2) is 16.6 Å². The van der Waals surface area contributed by atoms with Crippen LogP contribution in [0.4, 0.5) is 21.0 Å². The van der Waals surface area contributed by atoms with Crippen molar-refractivity contribution in [3.63, 3.8) is 0 Å². The van der Waals surface area contributed by atoms with Gasteiger partial charge in [0.1, 0.15) is 18.0 Å². The third kappa shape index (κ3) is 10.00. The zero-order chi connectivity index (χ0) is 37.6. The lowest BCUT2D eigenvalue weighted by atomic mass is 9.59. The van der Waals surface area contributed by atoms with Gasteiger partial charge in [0.05, 0.1) is 37.8 Å². The number of methoxy groups -OCH3 is 1. The lowest BCUT2D eigenvalue weighted by molar-refractivity contribution is -0.116. The Morgan fingerprint density at radius 2 is 1.76 bits per heavy atom. The highest BCUT2D eigenvalue weighted by atomic mass is 32.1. The van der Waals surface area contributed by atoms with Crippen molar-refractivity contribution in [2.45, 2.75) is 66.8 Å². The molecule has 0 atom stereocenters. The summed E-state index contributed by atoms with van der Waals surface area (Å²) in [5.41, 5.74) is -0.527. The third-order valence-corrected chi connectivity index (χ3v) is 10.2. The first-order valence-corrected chi connectivity index (χ1v) is 18.9. The number of nitrogens with zero attached hydrogens (tertiary/aromatic N) is 4. The largest absolute Gasteiger partial charge is 0.493 e. The van der Waals surface area contributed by atoms with Crippen LogP contribution >= 0.6 is 19.2 Å². The van der Waals surface area contributed by atoms with Crippen LogP contribution in [0.25, 0.3) is 10.9 Å². The van der Waals surface area contributed by atoms with Crippen molar-refractivity contribution in [1.29, 1.82) is 0 Å². The molecule has 0 saturated heterocycles. The topological polar surface area (TPSA) is 168 Å². The summed E-state index contributed by atoms with van der Waals surface area (Å²) in [4.78, 5) is 47.9. The molecule has 51 heavy (non-hydrogen) atoms. The fraction of sp³-hybridized carbons (Fsp3) is 0.486. The Labute approximate surface area is 302 Å². The van der Waals surface area contributed by atoms with Crippen molar-refractivity contribution in [1.82, 2.24) is 19.9 Å². The number of fused-ring (bicyclic) bond motifs is 1. The molecule has 4 rings (SSSR count). The van der Waals surface area contributed by atoms with Crippen LogP contribution in [0.1, 0.15) is 59.8 Å². The number of hydrogen-bond donors (Lipinski definition) is 4. The fourth-order valence-corrected chi connectivity index (χ4v) is 7.91. The fourth-order valence-electron chi connectivity index (χ4n) is 6.75. The number of benzene rings is 2. The Bertz CT molecular complexity index is 1840. The zero-order valence-corrected chi connectivity index (χ0v) is 32.0. The van der Waals surface area contributed by atoms with Crippen LogP contribution in [-0.2, 0) is 20.3 Å². The number of halogens is 1. The zero-order valence-electron chi connectivity index (χ0n) is 30.3. The molecule has 0 radical (unpaired) electrons. The minimum Gasteiger partial charge on any atom is -0.493 e. The number of hydrogen-bond acceptors (Lipinski definition) is 11. The summed E-state index contributed by atoms with van der Waals surface area (Å²) in [6.45, 7) is 15.8. The van der Waals surface area contributed by atoms with E-state index in [9.17, 15) is 23.5 Å². The van der Waals surface area contributed by atoms with E-state index >= 15 is 0 Å². The van der Waals surface area contributed by atoms with Gasteiger partial charge in [0, 0.05) is 34.8 Å². The van der Waals surface area contributed by atoms with E-state index in [0.717, 1.165) is 0 Å². The van der Waals surface area contributed by atoms with Gasteiger partial charge < -0.3 is 29.9 Å². The molecule has 0 spiro atoms. The van der Waals surface area contributed by atoms with E-state index in [4.69, 9.17) is 14.0 Å². The molecular formula is C35H48FN6O7PS. The highest BCUT2D eigenvalue weighted by Crippen LogP contribution is 2.51. The lowest BCUT2D eigenvalue weighted by Crippen LogP contribution is -2.67. The highest BCUT2D eigenvalue weighted by molar-refractivity contribution is 7.46. The summed E-state index contributed by atoms with van der Waals surface area (Å²) in [6, 6.07) is 9.28. The van der Waals surface area contributed by atoms with Gasteiger partial charge >= 0.3 is 7.82 Å². The van der Waals surface area contributed by atoms with Crippen molar-refractivity contribution < 1.29 is 37.5 Å². The average molecular weight is 747 g/mol. The number of thiazole rings is 1. The molecule has 1 amide bonds. The first-order valence-electron chi connectivity index (χ1n) is 16.5. The van der Waals surface area contributed by atoms with E-state index in [1.54, 1.807) is 31.5 Å². The number of ether oxygens (including phenoxy) is 2. The molecule has 278 valence electrons. The third-order valence-electron chi connectivity index (χ3n) is 8.82. The predicted molar refractivity (Wildman–Crippen MR) is 197 cm³/mol. The standard InChI is InChI=1S/C35H48FN6O7PS/c1-9-42(35(33(2,3)4,34(5,6)7)21-49-50(44,45)46)14-11-15-48-29-19-27-26(18-28(29)47-8)31(39-22-38-27)41-32-37-20-25(51-32)17-30(43)40-24-13-10-12-23(36)16-24/h10,12-13,16,18-20,22H,9,11,14-15,17,21H2,1-8H3,(H,40,43)(H2,44,45,46)(H,37,38,39,41). The molecule has 0 aliphatic heterocycles. The predicted octanol–water partition coefficient (Wildman–Crippen LogP) is 7.19. The van der Waals surface area contributed by atoms with Crippen LogP contribution in [-0.4, -0.2) is 74.5 Å². The van der Waals surface area contributed by atoms with Gasteiger partial charge in [-0.25, -0.2) is 23.9 Å². The summed E-state index contributed by atoms with van der Waals surface area (Å²) in [7, 11) is -3.15. The van der Waals surface area contributed by atoms with Gasteiger partial charge in [-0.15, -0.1) is 11.3 Å². The number of amides is 1. The van der Waals surface area contributed by atoms with Gasteiger partial charge in [-0.05, 0) is 48.1 Å². The molecule has 2 aromatic heterocycles. The van der Waals surface area contributed by atoms with Crippen LogP contribution in [0, 0.1) is 16.6 Å². The number of likely N-dealkylation sites (N-methyl/N-ethyl adjacent to an activating group) is 1. The van der Waals surface area contributed by atoms with Crippen LogP contribution in [0.15, 0.2) is 48.9 Å². The van der Waals surface area contributed by atoms with Gasteiger partial charge in [0.25, 0.3) is 0 Å². The average Bonchev–Trinajstić information content (AvgIpc) is 3.46. The van der Waals surface area contributed by atoms with E-state index in [-0.39, 0.29) is 18.9 Å².